The lowest BCUT2D eigenvalue weighted by molar-refractivity contribution is -0.219. The molecule has 1 aliphatic carbocycles. The molecule has 0 bridgehead atoms. The van der Waals surface area contributed by atoms with Gasteiger partial charge in [0.15, 0.2) is 5.78 Å². The predicted molar refractivity (Wildman–Crippen MR) is 186 cm³/mol. The molecule has 0 unspecified atom stereocenters. The van der Waals surface area contributed by atoms with Crippen molar-refractivity contribution in [2.24, 2.45) is 23.2 Å². The second-order valence-corrected chi connectivity index (χ2v) is 15.1. The summed E-state index contributed by atoms with van der Waals surface area (Å²) < 4.78 is 94.1. The van der Waals surface area contributed by atoms with Crippen LogP contribution in [-0.4, -0.2) is 54.4 Å². The number of nitrogens with one attached hydrogen (secondary N) is 2. The van der Waals surface area contributed by atoms with Crippen molar-refractivity contribution < 1.29 is 59.8 Å². The molecule has 0 aromatic heterocycles. The molecule has 9 nitrogen and oxygen atoms in total. The fourth-order valence-electron chi connectivity index (χ4n) is 6.52. The fourth-order valence-corrected chi connectivity index (χ4v) is 6.52. The highest BCUT2D eigenvalue weighted by Crippen LogP contribution is 2.52. The van der Waals surface area contributed by atoms with Crippen LogP contribution in [0.5, 0.6) is 5.75 Å². The van der Waals surface area contributed by atoms with E-state index >= 15 is 0 Å². The average molecular weight is 771 g/mol. The number of ether oxygens (including phenoxy) is 2. The maximum atomic E-state index is 14.4. The van der Waals surface area contributed by atoms with E-state index in [4.69, 9.17) is 9.47 Å². The van der Waals surface area contributed by atoms with Gasteiger partial charge < -0.3 is 20.1 Å². The normalized spacial score (nSPS) is 16.2. The molecule has 2 amide bonds. The monoisotopic (exact) mass is 770 g/mol. The van der Waals surface area contributed by atoms with Gasteiger partial charge in [0.05, 0.1) is 7.11 Å². The number of halogens is 6. The maximum absolute atomic E-state index is 14.4. The van der Waals surface area contributed by atoms with Crippen molar-refractivity contribution in [3.05, 3.63) is 65.2 Å². The second kappa shape index (κ2) is 17.8. The van der Waals surface area contributed by atoms with Gasteiger partial charge in [-0.25, -0.2) is 4.79 Å². The van der Waals surface area contributed by atoms with Gasteiger partial charge in [0, 0.05) is 31.2 Å². The molecule has 1 saturated carbocycles. The van der Waals surface area contributed by atoms with Crippen LogP contribution in [0.25, 0.3) is 0 Å². The van der Waals surface area contributed by atoms with E-state index in [2.05, 4.69) is 10.6 Å². The van der Waals surface area contributed by atoms with Crippen LogP contribution in [0, 0.1) is 23.2 Å². The van der Waals surface area contributed by atoms with Crippen molar-refractivity contribution in [3.8, 4) is 5.75 Å². The van der Waals surface area contributed by atoms with Crippen LogP contribution in [0.1, 0.15) is 95.9 Å². The van der Waals surface area contributed by atoms with Crippen molar-refractivity contribution in [3.63, 3.8) is 0 Å². The molecular weight excluding hydrogens is 722 g/mol. The Morgan fingerprint density at radius 1 is 0.815 bits per heavy atom. The van der Waals surface area contributed by atoms with Crippen LogP contribution in [-0.2, 0) is 36.9 Å². The number of hydrogen-bond acceptors (Lipinski definition) is 7. The Morgan fingerprint density at radius 3 is 1.85 bits per heavy atom. The third-order valence-electron chi connectivity index (χ3n) is 9.58. The zero-order valence-electron chi connectivity index (χ0n) is 31.2. The summed E-state index contributed by atoms with van der Waals surface area (Å²) in [5.74, 6) is -8.97. The lowest BCUT2D eigenvalue weighted by Gasteiger charge is -2.32. The molecule has 2 aromatic carbocycles. The Hall–Kier alpha value is -4.43. The molecule has 2 aromatic rings. The van der Waals surface area contributed by atoms with E-state index in [1.165, 1.54) is 45.2 Å². The summed E-state index contributed by atoms with van der Waals surface area (Å²) in [6.45, 7) is 7.88. The number of carbonyl (C=O) groups excluding carboxylic acids is 5. The first-order valence-electron chi connectivity index (χ1n) is 17.7. The van der Waals surface area contributed by atoms with E-state index in [9.17, 15) is 50.3 Å². The van der Waals surface area contributed by atoms with Crippen LogP contribution in [0.4, 0.5) is 31.1 Å². The van der Waals surface area contributed by atoms with Gasteiger partial charge in [-0.3, -0.25) is 19.2 Å². The van der Waals surface area contributed by atoms with Crippen molar-refractivity contribution >= 4 is 29.4 Å². The summed E-state index contributed by atoms with van der Waals surface area (Å²) in [5.41, 5.74) is -2.18. The van der Waals surface area contributed by atoms with Gasteiger partial charge in [-0.2, -0.15) is 26.3 Å². The van der Waals surface area contributed by atoms with Gasteiger partial charge in [0.1, 0.15) is 28.6 Å². The van der Waals surface area contributed by atoms with Crippen LogP contribution in [0.3, 0.4) is 0 Å². The number of benzene rings is 2. The molecule has 0 aliphatic heterocycles. The van der Waals surface area contributed by atoms with E-state index in [0.29, 0.717) is 16.9 Å². The van der Waals surface area contributed by atoms with E-state index in [1.807, 2.05) is 0 Å². The van der Waals surface area contributed by atoms with Gasteiger partial charge in [0.25, 0.3) is 0 Å². The van der Waals surface area contributed by atoms with Crippen molar-refractivity contribution in [2.75, 3.05) is 7.11 Å². The molecule has 0 radical (unpaired) electrons. The summed E-state index contributed by atoms with van der Waals surface area (Å²) in [4.78, 5) is 65.8. The first-order chi connectivity index (χ1) is 25.0. The SMILES string of the molecule is COc1ccc([C@H](NC(=O)[C@@H](CC(=O)C2(C(F)(F)F)CCCC2)Cc2ccc(CNC(=O)OC(C)(C)C)cc2)C(=O)C[C@H](C(=O)C(F)(F)F)C(C)C)cc1. The van der Waals surface area contributed by atoms with Crippen LogP contribution in [0.2, 0.25) is 0 Å². The Morgan fingerprint density at radius 2 is 1.37 bits per heavy atom. The third-order valence-corrected chi connectivity index (χ3v) is 9.58. The number of amides is 2. The highest BCUT2D eigenvalue weighted by Gasteiger charge is 2.60. The maximum Gasteiger partial charge on any atom is 0.450 e. The van der Waals surface area contributed by atoms with E-state index in [0.717, 1.165) is 0 Å². The smallest absolute Gasteiger partial charge is 0.450 e. The molecule has 0 spiro atoms. The Kier molecular flexibility index (Phi) is 14.5. The molecule has 15 heteroatoms. The van der Waals surface area contributed by atoms with Crippen molar-refractivity contribution in [1.29, 1.82) is 0 Å². The quantitative estimate of drug-likeness (QED) is 0.165. The lowest BCUT2D eigenvalue weighted by Crippen LogP contribution is -2.46. The Balaban J connectivity index is 1.97. The fraction of sp³-hybridized carbons (Fsp3) is 0.564. The minimum absolute atomic E-state index is 0.0750. The van der Waals surface area contributed by atoms with Gasteiger partial charge >= 0.3 is 18.4 Å². The third kappa shape index (κ3) is 11.8. The zero-order valence-corrected chi connectivity index (χ0v) is 31.2. The Bertz CT molecular complexity index is 1620. The van der Waals surface area contributed by atoms with Crippen molar-refractivity contribution in [1.82, 2.24) is 10.6 Å². The Labute approximate surface area is 310 Å². The molecular formula is C39H48F6N2O7. The van der Waals surface area contributed by atoms with Gasteiger partial charge in [0.2, 0.25) is 11.7 Å². The number of rotatable bonds is 16. The van der Waals surface area contributed by atoms with E-state index in [-0.39, 0.29) is 31.4 Å². The second-order valence-electron chi connectivity index (χ2n) is 15.1. The number of alkyl halides is 6. The topological polar surface area (TPSA) is 128 Å². The number of methoxy groups -OCH3 is 1. The molecule has 0 saturated heterocycles. The molecule has 1 fully saturated rings. The molecule has 298 valence electrons. The number of Topliss-reactive ketones (excluding diaryl/α,β-unsaturated/α-hetero) is 3. The summed E-state index contributed by atoms with van der Waals surface area (Å²) in [5, 5.41) is 5.11. The molecule has 3 atom stereocenters. The van der Waals surface area contributed by atoms with Gasteiger partial charge in [-0.05, 0) is 74.8 Å². The standard InChI is InChI=1S/C39H48F6N2O7/c1-23(2)29(33(50)38(40,41)42)21-30(48)32(26-13-15-28(53-6)16-14-26)47-34(51)27(20-31(49)37(39(43,44)45)17-7-8-18-37)19-24-9-11-25(12-10-24)22-46-35(52)54-36(3,4)5/h9-16,23,27,29,32H,7-8,17-22H2,1-6H3,(H,46,52)(H,47,51)/t27-,29+,32+/m1/s1. The van der Waals surface area contributed by atoms with Gasteiger partial charge in [-0.15, -0.1) is 0 Å². The molecule has 1 aliphatic rings. The minimum Gasteiger partial charge on any atom is -0.497 e. The lowest BCUT2D eigenvalue weighted by atomic mass is 9.76. The van der Waals surface area contributed by atoms with Crippen LogP contribution in [0.15, 0.2) is 48.5 Å². The first kappa shape index (κ1) is 44.0. The zero-order chi connectivity index (χ0) is 40.6. The first-order valence-corrected chi connectivity index (χ1v) is 17.7. The van der Waals surface area contributed by atoms with E-state index < -0.39 is 102 Å². The number of ketones is 3. The minimum atomic E-state index is -5.23. The number of carbonyl (C=O) groups is 5. The molecule has 2 N–H and O–H groups in total. The molecule has 0 heterocycles. The average Bonchev–Trinajstić information content (AvgIpc) is 3.59. The van der Waals surface area contributed by atoms with Crippen molar-refractivity contribution in [2.45, 2.75) is 110 Å². The highest BCUT2D eigenvalue weighted by molar-refractivity contribution is 5.96. The van der Waals surface area contributed by atoms with Crippen LogP contribution < -0.4 is 15.4 Å². The van der Waals surface area contributed by atoms with E-state index in [1.54, 1.807) is 45.0 Å². The highest BCUT2D eigenvalue weighted by atomic mass is 19.4. The van der Waals surface area contributed by atoms with Crippen LogP contribution >= 0.6 is 0 Å². The largest absolute Gasteiger partial charge is 0.497 e. The van der Waals surface area contributed by atoms with Gasteiger partial charge in [-0.1, -0.05) is 63.1 Å². The molecule has 3 rings (SSSR count). The summed E-state index contributed by atoms with van der Waals surface area (Å²) in [6, 6.07) is 10.4. The predicted octanol–water partition coefficient (Wildman–Crippen LogP) is 8.18. The number of alkyl carbamates (subject to hydrolysis) is 1. The number of hydrogen-bond donors (Lipinski definition) is 2. The summed E-state index contributed by atoms with van der Waals surface area (Å²) in [6.07, 6.45) is -13.3. The summed E-state index contributed by atoms with van der Waals surface area (Å²) >= 11 is 0. The summed E-state index contributed by atoms with van der Waals surface area (Å²) in [7, 11) is 1.37. The molecule has 54 heavy (non-hydrogen) atoms.